The molecule has 0 saturated carbocycles. The number of anilines is 1. The Bertz CT molecular complexity index is 1430. The monoisotopic (exact) mass is 524 g/mol. The minimum Gasteiger partial charge on any atom is -0.492 e. The molecule has 37 heavy (non-hydrogen) atoms. The van der Waals surface area contributed by atoms with E-state index in [9.17, 15) is 4.79 Å². The van der Waals surface area contributed by atoms with Crippen LogP contribution in [-0.4, -0.2) is 61.7 Å². The van der Waals surface area contributed by atoms with Crippen molar-refractivity contribution in [1.29, 1.82) is 0 Å². The van der Waals surface area contributed by atoms with Gasteiger partial charge in [0.1, 0.15) is 22.1 Å². The highest BCUT2D eigenvalue weighted by Gasteiger charge is 2.38. The van der Waals surface area contributed by atoms with Crippen molar-refractivity contribution in [3.63, 3.8) is 0 Å². The third-order valence-corrected chi connectivity index (χ3v) is 7.96. The van der Waals surface area contributed by atoms with E-state index in [2.05, 4.69) is 63.2 Å². The lowest BCUT2D eigenvalue weighted by atomic mass is 9.98. The maximum Gasteiger partial charge on any atom is 0.355 e. The SMILES string of the molecule is Cc1ccnc(C(C)C)c1-n1c(=O)nc(N2C[C@@H](C)N(C(C)(C)C)C[C@@H]2C)c2c3c(c(Cl)nc21)CCO3. The third-order valence-electron chi connectivity index (χ3n) is 7.65. The van der Waals surface area contributed by atoms with Gasteiger partial charge in [0.25, 0.3) is 0 Å². The summed E-state index contributed by atoms with van der Waals surface area (Å²) in [6.07, 6.45) is 2.46. The van der Waals surface area contributed by atoms with Crippen LogP contribution in [0.25, 0.3) is 16.7 Å². The van der Waals surface area contributed by atoms with Crippen molar-refractivity contribution in [2.45, 2.75) is 85.4 Å². The number of hydrogen-bond acceptors (Lipinski definition) is 7. The van der Waals surface area contributed by atoms with E-state index in [1.165, 1.54) is 0 Å². The molecule has 1 fully saturated rings. The zero-order chi connectivity index (χ0) is 26.8. The van der Waals surface area contributed by atoms with Gasteiger partial charge in [0.15, 0.2) is 5.65 Å². The van der Waals surface area contributed by atoms with Gasteiger partial charge in [-0.05, 0) is 59.1 Å². The van der Waals surface area contributed by atoms with Gasteiger partial charge in [-0.1, -0.05) is 25.4 Å². The molecule has 1 saturated heterocycles. The van der Waals surface area contributed by atoms with Crippen molar-refractivity contribution in [1.82, 2.24) is 24.4 Å². The molecule has 9 heteroatoms. The van der Waals surface area contributed by atoms with Crippen molar-refractivity contribution in [2.75, 3.05) is 24.6 Å². The van der Waals surface area contributed by atoms with Gasteiger partial charge in [-0.15, -0.1) is 0 Å². The minimum atomic E-state index is -0.389. The molecule has 0 radical (unpaired) electrons. The number of piperazine rings is 1. The number of aryl methyl sites for hydroxylation is 1. The molecule has 2 aliphatic rings. The van der Waals surface area contributed by atoms with Gasteiger partial charge >= 0.3 is 5.69 Å². The molecule has 5 heterocycles. The lowest BCUT2D eigenvalue weighted by Crippen LogP contribution is -2.62. The number of ether oxygens (including phenoxy) is 1. The molecule has 0 spiro atoms. The topological polar surface area (TPSA) is 76.4 Å². The molecule has 8 nitrogen and oxygen atoms in total. The first kappa shape index (κ1) is 25.9. The molecule has 0 bridgehead atoms. The van der Waals surface area contributed by atoms with E-state index in [0.717, 1.165) is 35.3 Å². The number of rotatable bonds is 3. The molecule has 3 aromatic rings. The van der Waals surface area contributed by atoms with Crippen LogP contribution in [0.4, 0.5) is 5.82 Å². The van der Waals surface area contributed by atoms with E-state index in [-0.39, 0.29) is 29.2 Å². The number of nitrogens with zero attached hydrogens (tertiary/aromatic N) is 6. The van der Waals surface area contributed by atoms with Crippen LogP contribution >= 0.6 is 11.6 Å². The highest BCUT2D eigenvalue weighted by molar-refractivity contribution is 6.31. The predicted molar refractivity (Wildman–Crippen MR) is 149 cm³/mol. The Hall–Kier alpha value is -2.71. The third kappa shape index (κ3) is 4.28. The zero-order valence-electron chi connectivity index (χ0n) is 23.1. The number of aromatic nitrogens is 4. The molecule has 0 aromatic carbocycles. The molecule has 2 aliphatic heterocycles. The van der Waals surface area contributed by atoms with Crippen molar-refractivity contribution < 1.29 is 4.74 Å². The van der Waals surface area contributed by atoms with Gasteiger partial charge < -0.3 is 9.64 Å². The average Bonchev–Trinajstić information content (AvgIpc) is 3.30. The van der Waals surface area contributed by atoms with Crippen molar-refractivity contribution in [2.24, 2.45) is 0 Å². The smallest absolute Gasteiger partial charge is 0.355 e. The molecule has 198 valence electrons. The van der Waals surface area contributed by atoms with Crippen LogP contribution in [0.5, 0.6) is 5.75 Å². The lowest BCUT2D eigenvalue weighted by molar-refractivity contribution is 0.0651. The number of fused-ring (bicyclic) bond motifs is 3. The second-order valence-electron chi connectivity index (χ2n) is 11.8. The minimum absolute atomic E-state index is 0.0448. The maximum absolute atomic E-state index is 13.9. The Morgan fingerprint density at radius 2 is 1.86 bits per heavy atom. The van der Waals surface area contributed by atoms with E-state index in [1.807, 2.05) is 13.0 Å². The largest absolute Gasteiger partial charge is 0.492 e. The molecule has 2 atom stereocenters. The molecule has 0 amide bonds. The summed E-state index contributed by atoms with van der Waals surface area (Å²) in [6.45, 7) is 19.4. The zero-order valence-corrected chi connectivity index (χ0v) is 23.8. The van der Waals surface area contributed by atoms with Gasteiger partial charge in [-0.3, -0.25) is 9.88 Å². The summed E-state index contributed by atoms with van der Waals surface area (Å²) in [4.78, 5) is 32.9. The Morgan fingerprint density at radius 3 is 2.54 bits per heavy atom. The summed E-state index contributed by atoms with van der Waals surface area (Å²) in [7, 11) is 0. The van der Waals surface area contributed by atoms with Gasteiger partial charge in [-0.25, -0.2) is 14.3 Å². The van der Waals surface area contributed by atoms with Crippen molar-refractivity contribution >= 4 is 28.5 Å². The van der Waals surface area contributed by atoms with E-state index in [0.29, 0.717) is 41.1 Å². The molecular weight excluding hydrogens is 488 g/mol. The van der Waals surface area contributed by atoms with Gasteiger partial charge in [0.2, 0.25) is 0 Å². The van der Waals surface area contributed by atoms with E-state index in [1.54, 1.807) is 10.8 Å². The van der Waals surface area contributed by atoms with Crippen molar-refractivity contribution in [3.05, 3.63) is 44.7 Å². The number of hydrogen-bond donors (Lipinski definition) is 0. The van der Waals surface area contributed by atoms with Crippen LogP contribution in [0.3, 0.4) is 0 Å². The first-order chi connectivity index (χ1) is 17.4. The summed E-state index contributed by atoms with van der Waals surface area (Å²) in [6, 6.07) is 2.33. The lowest BCUT2D eigenvalue weighted by Gasteiger charge is -2.50. The highest BCUT2D eigenvalue weighted by atomic mass is 35.5. The average molecular weight is 525 g/mol. The predicted octanol–water partition coefficient (Wildman–Crippen LogP) is 4.89. The first-order valence-electron chi connectivity index (χ1n) is 13.2. The van der Waals surface area contributed by atoms with E-state index < -0.39 is 0 Å². The van der Waals surface area contributed by atoms with E-state index in [4.69, 9.17) is 26.3 Å². The van der Waals surface area contributed by atoms with Crippen LogP contribution in [0.15, 0.2) is 17.1 Å². The molecular formula is C28H37ClN6O2. The molecule has 0 unspecified atom stereocenters. The van der Waals surface area contributed by atoms with Crippen LogP contribution < -0.4 is 15.3 Å². The van der Waals surface area contributed by atoms with Crippen LogP contribution in [0.1, 0.15) is 71.2 Å². The summed E-state index contributed by atoms with van der Waals surface area (Å²) in [5.41, 5.74) is 3.46. The molecule has 0 aliphatic carbocycles. The Balaban J connectivity index is 1.80. The van der Waals surface area contributed by atoms with Gasteiger partial charge in [-0.2, -0.15) is 4.98 Å². The Morgan fingerprint density at radius 1 is 1.14 bits per heavy atom. The van der Waals surface area contributed by atoms with Crippen molar-refractivity contribution in [3.8, 4) is 11.4 Å². The number of halogens is 1. The van der Waals surface area contributed by atoms with Gasteiger partial charge in [0.05, 0.1) is 18.0 Å². The second kappa shape index (κ2) is 9.24. The summed E-state index contributed by atoms with van der Waals surface area (Å²) >= 11 is 6.70. The standard InChI is InChI=1S/C28H37ClN6O2/c1-15(2)21-22(16(3)9-11-30-21)35-26-20(23-19(10-12-37-23)24(29)31-26)25(32-27(35)36)33-13-18(5)34(14-17(33)4)28(6,7)8/h9,11,15,17-18H,10,12-14H2,1-8H3/t17-,18+/m0/s1. The maximum atomic E-state index is 13.9. The molecule has 0 N–H and O–H groups in total. The fourth-order valence-corrected chi connectivity index (χ4v) is 6.16. The fourth-order valence-electron chi connectivity index (χ4n) is 5.89. The molecule has 3 aromatic heterocycles. The van der Waals surface area contributed by atoms with Crippen LogP contribution in [-0.2, 0) is 6.42 Å². The van der Waals surface area contributed by atoms with E-state index >= 15 is 0 Å². The van der Waals surface area contributed by atoms with Crippen LogP contribution in [0.2, 0.25) is 5.15 Å². The normalized spacial score (nSPS) is 20.5. The summed E-state index contributed by atoms with van der Waals surface area (Å²) < 4.78 is 7.75. The van der Waals surface area contributed by atoms with Gasteiger partial charge in [0, 0.05) is 48.9 Å². The summed E-state index contributed by atoms with van der Waals surface area (Å²) in [5.74, 6) is 1.42. The first-order valence-corrected chi connectivity index (χ1v) is 13.5. The Kier molecular flexibility index (Phi) is 6.47. The highest BCUT2D eigenvalue weighted by Crippen LogP contribution is 2.42. The summed E-state index contributed by atoms with van der Waals surface area (Å²) in [5, 5.41) is 1.12. The fraction of sp³-hybridized carbons (Fsp3) is 0.571. The quantitative estimate of drug-likeness (QED) is 0.451. The van der Waals surface area contributed by atoms with Crippen LogP contribution in [0, 0.1) is 6.92 Å². The number of pyridine rings is 2. The Labute approximate surface area is 223 Å². The molecule has 5 rings (SSSR count). The second-order valence-corrected chi connectivity index (χ2v) is 12.1.